The van der Waals surface area contributed by atoms with E-state index in [0.717, 1.165) is 56.6 Å². The normalized spacial score (nSPS) is 30.7. The van der Waals surface area contributed by atoms with E-state index in [4.69, 9.17) is 9.47 Å². The molecule has 0 amide bonds. The summed E-state index contributed by atoms with van der Waals surface area (Å²) in [7, 11) is 0. The zero-order chi connectivity index (χ0) is 23.8. The maximum absolute atomic E-state index is 6.04. The third kappa shape index (κ3) is 5.52. The summed E-state index contributed by atoms with van der Waals surface area (Å²) in [6.45, 7) is 14.4. The molecule has 2 unspecified atom stereocenters. The first-order valence-electron chi connectivity index (χ1n) is 14.7. The maximum Gasteiger partial charge on any atom is 0.0726 e. The molecule has 6 rings (SSSR count). The third-order valence-corrected chi connectivity index (χ3v) is 9.81. The lowest BCUT2D eigenvalue weighted by Gasteiger charge is -2.41. The number of piperazine rings is 1. The third-order valence-electron chi connectivity index (χ3n) is 9.81. The average molecular weight is 482 g/mol. The van der Waals surface area contributed by atoms with Gasteiger partial charge in [-0.05, 0) is 106 Å². The van der Waals surface area contributed by atoms with Gasteiger partial charge in [0.2, 0.25) is 0 Å². The number of anilines is 2. The van der Waals surface area contributed by atoms with Gasteiger partial charge in [0.25, 0.3) is 0 Å². The summed E-state index contributed by atoms with van der Waals surface area (Å²) in [6, 6.07) is 7.47. The predicted molar refractivity (Wildman–Crippen MR) is 144 cm³/mol. The Bertz CT molecular complexity index is 837. The molecule has 3 saturated heterocycles. The molecule has 2 atom stereocenters. The summed E-state index contributed by atoms with van der Waals surface area (Å²) >= 11 is 0. The maximum atomic E-state index is 6.04. The van der Waals surface area contributed by atoms with Crippen molar-refractivity contribution >= 4 is 11.4 Å². The Labute approximate surface area is 213 Å². The van der Waals surface area contributed by atoms with E-state index >= 15 is 0 Å². The van der Waals surface area contributed by atoms with Crippen molar-refractivity contribution in [2.45, 2.75) is 83.3 Å². The molecule has 0 bridgehead atoms. The Balaban J connectivity index is 1.18. The van der Waals surface area contributed by atoms with Crippen LogP contribution in [0, 0.1) is 11.3 Å². The van der Waals surface area contributed by atoms with Crippen LogP contribution in [0.5, 0.6) is 0 Å². The molecule has 0 radical (unpaired) electrons. The molecule has 5 aliphatic rings. The van der Waals surface area contributed by atoms with Gasteiger partial charge in [0.05, 0.1) is 12.2 Å². The standard InChI is InChI=1S/C30H47N3O2/c1-23-20-33(21-24(2)35-23)27-3-4-29(28(19-27)26-5-9-30(10-6-26)11-12-30)32-15-13-31(14-16-32)22-25-7-17-34-18-8-25/h3-4,19,23-26H,5-18,20-22H2,1-2H3. The Morgan fingerprint density at radius 3 is 2.17 bits per heavy atom. The molecule has 2 aliphatic carbocycles. The molecule has 3 aliphatic heterocycles. The largest absolute Gasteiger partial charge is 0.381 e. The van der Waals surface area contributed by atoms with E-state index in [-0.39, 0.29) is 0 Å². The lowest BCUT2D eigenvalue weighted by Crippen LogP contribution is -2.48. The molecular weight excluding hydrogens is 434 g/mol. The van der Waals surface area contributed by atoms with Crippen LogP contribution >= 0.6 is 0 Å². The van der Waals surface area contributed by atoms with Gasteiger partial charge in [0.1, 0.15) is 0 Å². The van der Waals surface area contributed by atoms with Crippen LogP contribution in [0.2, 0.25) is 0 Å². The fourth-order valence-electron chi connectivity index (χ4n) is 7.43. The molecule has 194 valence electrons. The van der Waals surface area contributed by atoms with Gasteiger partial charge in [0.15, 0.2) is 0 Å². The fourth-order valence-corrected chi connectivity index (χ4v) is 7.43. The van der Waals surface area contributed by atoms with Crippen LogP contribution in [0.25, 0.3) is 0 Å². The van der Waals surface area contributed by atoms with Crippen molar-refractivity contribution in [2.75, 3.05) is 68.8 Å². The minimum absolute atomic E-state index is 0.301. The number of benzene rings is 1. The minimum atomic E-state index is 0.301. The van der Waals surface area contributed by atoms with Crippen molar-refractivity contribution in [2.24, 2.45) is 11.3 Å². The van der Waals surface area contributed by atoms with Crippen LogP contribution in [-0.4, -0.2) is 76.1 Å². The molecule has 0 N–H and O–H groups in total. The van der Waals surface area contributed by atoms with Gasteiger partial charge in [-0.3, -0.25) is 4.90 Å². The van der Waals surface area contributed by atoms with Crippen LogP contribution in [0.1, 0.15) is 76.7 Å². The Kier molecular flexibility index (Phi) is 7.03. The number of hydrogen-bond donors (Lipinski definition) is 0. The van der Waals surface area contributed by atoms with Crippen LogP contribution in [-0.2, 0) is 9.47 Å². The van der Waals surface area contributed by atoms with Gasteiger partial charge in [-0.15, -0.1) is 0 Å². The van der Waals surface area contributed by atoms with Crippen molar-refractivity contribution in [3.8, 4) is 0 Å². The first-order valence-corrected chi connectivity index (χ1v) is 14.7. The molecule has 5 fully saturated rings. The highest BCUT2D eigenvalue weighted by atomic mass is 16.5. The summed E-state index contributed by atoms with van der Waals surface area (Å²) in [5.41, 5.74) is 5.34. The molecule has 5 heteroatoms. The van der Waals surface area contributed by atoms with Crippen molar-refractivity contribution in [3.05, 3.63) is 23.8 Å². The Morgan fingerprint density at radius 1 is 0.829 bits per heavy atom. The average Bonchev–Trinajstić information content (AvgIpc) is 3.63. The topological polar surface area (TPSA) is 28.2 Å². The lowest BCUT2D eigenvalue weighted by atomic mass is 9.76. The Hall–Kier alpha value is -1.30. The van der Waals surface area contributed by atoms with Crippen LogP contribution < -0.4 is 9.80 Å². The molecule has 35 heavy (non-hydrogen) atoms. The SMILES string of the molecule is CC1CN(c2ccc(N3CCN(CC4CCOCC4)CC3)c(C3CCC4(CC3)CC4)c2)CC(C)O1. The molecule has 3 heterocycles. The van der Waals surface area contributed by atoms with E-state index in [0.29, 0.717) is 12.2 Å². The fraction of sp³-hybridized carbons (Fsp3) is 0.800. The summed E-state index contributed by atoms with van der Waals surface area (Å²) in [6.07, 6.45) is 11.7. The summed E-state index contributed by atoms with van der Waals surface area (Å²) in [4.78, 5) is 8.00. The van der Waals surface area contributed by atoms with Crippen LogP contribution in [0.15, 0.2) is 18.2 Å². The summed E-state index contributed by atoms with van der Waals surface area (Å²) < 4.78 is 11.6. The van der Waals surface area contributed by atoms with Crippen molar-refractivity contribution < 1.29 is 9.47 Å². The minimum Gasteiger partial charge on any atom is -0.381 e. The number of hydrogen-bond acceptors (Lipinski definition) is 5. The zero-order valence-corrected chi connectivity index (χ0v) is 22.2. The van der Waals surface area contributed by atoms with E-state index in [9.17, 15) is 0 Å². The van der Waals surface area contributed by atoms with E-state index in [2.05, 4.69) is 46.7 Å². The molecule has 1 aromatic carbocycles. The summed E-state index contributed by atoms with van der Waals surface area (Å²) in [5, 5.41) is 0. The highest BCUT2D eigenvalue weighted by Gasteiger charge is 2.45. The Morgan fingerprint density at radius 2 is 1.51 bits per heavy atom. The molecule has 1 aromatic rings. The molecule has 5 nitrogen and oxygen atoms in total. The quantitative estimate of drug-likeness (QED) is 0.570. The second-order valence-corrected chi connectivity index (χ2v) is 12.5. The molecule has 1 spiro atoms. The number of ether oxygens (including phenoxy) is 2. The molecule has 0 aromatic heterocycles. The molecule has 2 saturated carbocycles. The van der Waals surface area contributed by atoms with Crippen molar-refractivity contribution in [1.29, 1.82) is 0 Å². The smallest absolute Gasteiger partial charge is 0.0726 e. The van der Waals surface area contributed by atoms with Gasteiger partial charge in [-0.2, -0.15) is 0 Å². The van der Waals surface area contributed by atoms with Gasteiger partial charge in [0, 0.05) is 70.4 Å². The van der Waals surface area contributed by atoms with Crippen molar-refractivity contribution in [3.63, 3.8) is 0 Å². The van der Waals surface area contributed by atoms with Crippen LogP contribution in [0.3, 0.4) is 0 Å². The second-order valence-electron chi connectivity index (χ2n) is 12.5. The van der Waals surface area contributed by atoms with E-state index in [1.54, 1.807) is 5.56 Å². The first kappa shape index (κ1) is 24.1. The second kappa shape index (κ2) is 10.2. The number of rotatable bonds is 5. The first-order chi connectivity index (χ1) is 17.1. The highest BCUT2D eigenvalue weighted by Crippen LogP contribution is 2.59. The summed E-state index contributed by atoms with van der Waals surface area (Å²) in [5.74, 6) is 1.56. The monoisotopic (exact) mass is 481 g/mol. The van der Waals surface area contributed by atoms with Crippen molar-refractivity contribution in [1.82, 2.24) is 4.90 Å². The predicted octanol–water partition coefficient (Wildman–Crippen LogP) is 5.29. The van der Waals surface area contributed by atoms with Gasteiger partial charge in [-0.25, -0.2) is 0 Å². The van der Waals surface area contributed by atoms with Crippen LogP contribution in [0.4, 0.5) is 11.4 Å². The zero-order valence-electron chi connectivity index (χ0n) is 22.2. The van der Waals surface area contributed by atoms with Gasteiger partial charge < -0.3 is 19.3 Å². The van der Waals surface area contributed by atoms with Gasteiger partial charge in [-0.1, -0.05) is 0 Å². The van der Waals surface area contributed by atoms with Gasteiger partial charge >= 0.3 is 0 Å². The van der Waals surface area contributed by atoms with E-state index < -0.39 is 0 Å². The van der Waals surface area contributed by atoms with E-state index in [1.807, 2.05) is 0 Å². The molecular formula is C30H47N3O2. The number of morpholine rings is 1. The lowest BCUT2D eigenvalue weighted by molar-refractivity contribution is -0.00522. The van der Waals surface area contributed by atoms with E-state index in [1.165, 1.54) is 82.4 Å². The number of nitrogens with zero attached hydrogens (tertiary/aromatic N) is 3. The highest BCUT2D eigenvalue weighted by molar-refractivity contribution is 5.64.